The molecular weight excluding hydrogens is 304 g/mol. The van der Waals surface area contributed by atoms with Gasteiger partial charge in [-0.05, 0) is 43.0 Å². The fraction of sp³-hybridized carbons (Fsp3) is 0.571. The Kier molecular flexibility index (Phi) is 5.16. The van der Waals surface area contributed by atoms with E-state index >= 15 is 0 Å². The van der Waals surface area contributed by atoms with Gasteiger partial charge in [0.15, 0.2) is 0 Å². The third-order valence-corrected chi connectivity index (χ3v) is 4.97. The number of benzene rings is 1. The lowest BCUT2D eigenvalue weighted by atomic mass is 10.0. The third kappa shape index (κ3) is 3.90. The maximum atomic E-state index is 13.5. The van der Waals surface area contributed by atoms with Gasteiger partial charge in [0, 0.05) is 24.4 Å². The fourth-order valence-electron chi connectivity index (χ4n) is 2.60. The third-order valence-electron chi connectivity index (χ3n) is 3.83. The molecule has 1 aromatic carbocycles. The summed E-state index contributed by atoms with van der Waals surface area (Å²) in [6, 6.07) is 2.51. The zero-order chi connectivity index (χ0) is 15.6. The molecule has 7 heteroatoms. The average Bonchev–Trinajstić information content (AvgIpc) is 2.91. The monoisotopic (exact) mass is 322 g/mol. The highest BCUT2D eigenvalue weighted by Gasteiger charge is 2.33. The number of nitrogens with zero attached hydrogens (tertiary/aromatic N) is 1. The van der Waals surface area contributed by atoms with Crippen LogP contribution in [0.2, 0.25) is 0 Å². The number of hydrogen-bond acceptors (Lipinski definition) is 3. The lowest BCUT2D eigenvalue weighted by Crippen LogP contribution is -2.38. The van der Waals surface area contributed by atoms with Crippen LogP contribution in [0.1, 0.15) is 23.6 Å². The molecule has 0 aromatic heterocycles. The van der Waals surface area contributed by atoms with Crippen molar-refractivity contribution in [3.8, 4) is 0 Å². The lowest BCUT2D eigenvalue weighted by molar-refractivity contribution is -0.137. The number of halogens is 4. The highest BCUT2D eigenvalue weighted by Crippen LogP contribution is 2.34. The summed E-state index contributed by atoms with van der Waals surface area (Å²) in [4.78, 5) is 1.97. The minimum atomic E-state index is -4.56. The molecule has 0 spiro atoms. The topological polar surface area (TPSA) is 29.3 Å². The SMILES string of the molecule is CN(C1CCSC1)C(CN)c1cc(F)cc(C(F)(F)F)c1. The van der Waals surface area contributed by atoms with Gasteiger partial charge in [-0.3, -0.25) is 4.90 Å². The molecule has 1 heterocycles. The molecule has 2 N–H and O–H groups in total. The van der Waals surface area contributed by atoms with Crippen molar-refractivity contribution >= 4 is 11.8 Å². The van der Waals surface area contributed by atoms with Gasteiger partial charge in [0.2, 0.25) is 0 Å². The molecule has 2 atom stereocenters. The van der Waals surface area contributed by atoms with Gasteiger partial charge >= 0.3 is 6.18 Å². The summed E-state index contributed by atoms with van der Waals surface area (Å²) in [7, 11) is 1.84. The molecule has 2 rings (SSSR count). The van der Waals surface area contributed by atoms with Crippen molar-refractivity contribution in [1.82, 2.24) is 4.90 Å². The van der Waals surface area contributed by atoms with Gasteiger partial charge in [0.1, 0.15) is 5.82 Å². The van der Waals surface area contributed by atoms with Crippen LogP contribution in [0.4, 0.5) is 17.6 Å². The van der Waals surface area contributed by atoms with E-state index in [9.17, 15) is 17.6 Å². The molecule has 0 radical (unpaired) electrons. The zero-order valence-electron chi connectivity index (χ0n) is 11.7. The van der Waals surface area contributed by atoms with Crippen LogP contribution in [0, 0.1) is 5.82 Å². The summed E-state index contributed by atoms with van der Waals surface area (Å²) in [6.45, 7) is 0.151. The molecule has 0 bridgehead atoms. The quantitative estimate of drug-likeness (QED) is 0.863. The second-order valence-corrected chi connectivity index (χ2v) is 6.36. The Labute approximate surface area is 125 Å². The van der Waals surface area contributed by atoms with E-state index in [0.717, 1.165) is 30.1 Å². The minimum absolute atomic E-state index is 0.151. The maximum absolute atomic E-state index is 13.5. The molecule has 1 aliphatic heterocycles. The molecule has 1 fully saturated rings. The molecule has 21 heavy (non-hydrogen) atoms. The molecule has 118 valence electrons. The Morgan fingerprint density at radius 1 is 1.38 bits per heavy atom. The van der Waals surface area contributed by atoms with E-state index in [4.69, 9.17) is 5.73 Å². The van der Waals surface area contributed by atoms with Crippen molar-refractivity contribution in [2.75, 3.05) is 25.1 Å². The molecule has 0 amide bonds. The van der Waals surface area contributed by atoms with Crippen molar-refractivity contribution in [2.24, 2.45) is 5.73 Å². The van der Waals surface area contributed by atoms with Gasteiger partial charge in [-0.1, -0.05) is 0 Å². The normalized spacial score (nSPS) is 21.0. The van der Waals surface area contributed by atoms with Crippen LogP contribution in [0.25, 0.3) is 0 Å². The molecule has 0 saturated carbocycles. The Morgan fingerprint density at radius 2 is 2.10 bits per heavy atom. The van der Waals surface area contributed by atoms with Crippen molar-refractivity contribution in [3.63, 3.8) is 0 Å². The van der Waals surface area contributed by atoms with E-state index < -0.39 is 23.6 Å². The van der Waals surface area contributed by atoms with Crippen LogP contribution in [0.5, 0.6) is 0 Å². The average molecular weight is 322 g/mol. The maximum Gasteiger partial charge on any atom is 0.416 e. The molecule has 1 saturated heterocycles. The van der Waals surface area contributed by atoms with Crippen molar-refractivity contribution in [3.05, 3.63) is 35.1 Å². The predicted molar refractivity (Wildman–Crippen MR) is 76.7 cm³/mol. The van der Waals surface area contributed by atoms with Gasteiger partial charge < -0.3 is 5.73 Å². The highest BCUT2D eigenvalue weighted by atomic mass is 32.2. The summed E-state index contributed by atoms with van der Waals surface area (Å²) < 4.78 is 51.9. The molecule has 1 aromatic rings. The molecular formula is C14H18F4N2S. The van der Waals surface area contributed by atoms with Crippen LogP contribution in [0.15, 0.2) is 18.2 Å². The summed E-state index contributed by atoms with van der Waals surface area (Å²) >= 11 is 1.81. The molecule has 2 unspecified atom stereocenters. The second kappa shape index (κ2) is 6.54. The largest absolute Gasteiger partial charge is 0.416 e. The van der Waals surface area contributed by atoms with Gasteiger partial charge in [0.05, 0.1) is 5.56 Å². The molecule has 0 aliphatic carbocycles. The first-order valence-electron chi connectivity index (χ1n) is 6.70. The zero-order valence-corrected chi connectivity index (χ0v) is 12.5. The summed E-state index contributed by atoms with van der Waals surface area (Å²) in [5.74, 6) is 1.07. The summed E-state index contributed by atoms with van der Waals surface area (Å²) in [5, 5.41) is 0. The Hall–Kier alpha value is -0.790. The van der Waals surface area contributed by atoms with Gasteiger partial charge in [-0.25, -0.2) is 4.39 Å². The molecule has 1 aliphatic rings. The van der Waals surface area contributed by atoms with E-state index in [-0.39, 0.29) is 18.2 Å². The van der Waals surface area contributed by atoms with Crippen molar-refractivity contribution < 1.29 is 17.6 Å². The van der Waals surface area contributed by atoms with Gasteiger partial charge in [-0.2, -0.15) is 24.9 Å². The lowest BCUT2D eigenvalue weighted by Gasteiger charge is -2.32. The number of alkyl halides is 3. The van der Waals surface area contributed by atoms with E-state index in [1.807, 2.05) is 23.7 Å². The van der Waals surface area contributed by atoms with Crippen LogP contribution >= 0.6 is 11.8 Å². The highest BCUT2D eigenvalue weighted by molar-refractivity contribution is 7.99. The van der Waals surface area contributed by atoms with Crippen LogP contribution in [-0.4, -0.2) is 36.0 Å². The number of nitrogens with two attached hydrogens (primary N) is 1. The van der Waals surface area contributed by atoms with Crippen LogP contribution < -0.4 is 5.73 Å². The van der Waals surface area contributed by atoms with E-state index in [1.165, 1.54) is 0 Å². The standard InChI is InChI=1S/C14H18F4N2S/c1-20(12-2-3-21-8-12)13(7-19)9-4-10(14(16,17)18)6-11(15)5-9/h4-6,12-13H,2-3,7-8,19H2,1H3. The smallest absolute Gasteiger partial charge is 0.329 e. The van der Waals surface area contributed by atoms with Crippen LogP contribution in [-0.2, 0) is 6.18 Å². The summed E-state index contributed by atoms with van der Waals surface area (Å²) in [6.07, 6.45) is -3.59. The summed E-state index contributed by atoms with van der Waals surface area (Å²) in [5.41, 5.74) is 5.04. The Bertz CT molecular complexity index is 486. The second-order valence-electron chi connectivity index (χ2n) is 5.21. The van der Waals surface area contributed by atoms with Crippen LogP contribution in [0.3, 0.4) is 0 Å². The van der Waals surface area contributed by atoms with E-state index in [1.54, 1.807) is 0 Å². The van der Waals surface area contributed by atoms with Crippen molar-refractivity contribution in [2.45, 2.75) is 24.7 Å². The number of rotatable bonds is 4. The number of hydrogen-bond donors (Lipinski definition) is 1. The number of likely N-dealkylation sites (N-methyl/N-ethyl adjacent to an activating group) is 1. The van der Waals surface area contributed by atoms with Gasteiger partial charge in [0.25, 0.3) is 0 Å². The van der Waals surface area contributed by atoms with Gasteiger partial charge in [-0.15, -0.1) is 0 Å². The Morgan fingerprint density at radius 3 is 2.62 bits per heavy atom. The minimum Gasteiger partial charge on any atom is -0.329 e. The van der Waals surface area contributed by atoms with E-state index in [0.29, 0.717) is 6.07 Å². The van der Waals surface area contributed by atoms with E-state index in [2.05, 4.69) is 0 Å². The number of thioether (sulfide) groups is 1. The predicted octanol–water partition coefficient (Wildman–Crippen LogP) is 3.28. The first kappa shape index (κ1) is 16.6. The first-order valence-corrected chi connectivity index (χ1v) is 7.86. The fourth-order valence-corrected chi connectivity index (χ4v) is 3.88. The Balaban J connectivity index is 2.31. The molecule has 2 nitrogen and oxygen atoms in total. The van der Waals surface area contributed by atoms with Crippen molar-refractivity contribution in [1.29, 1.82) is 0 Å². The first-order chi connectivity index (χ1) is 9.82.